The normalized spacial score (nSPS) is 7.57. The van der Waals surface area contributed by atoms with Crippen molar-refractivity contribution in [3.05, 3.63) is 6.08 Å². The van der Waals surface area contributed by atoms with E-state index in [4.69, 9.17) is 5.73 Å². The zero-order valence-corrected chi connectivity index (χ0v) is 4.18. The predicted molar refractivity (Wildman–Crippen MR) is 28.6 cm³/mol. The standard InChI is InChI=1S/C5H9NO/c6-4-2-1-3-5-7/h3H,1-2,4,6H2. The summed E-state index contributed by atoms with van der Waals surface area (Å²) in [7, 11) is 0. The van der Waals surface area contributed by atoms with E-state index in [-0.39, 0.29) is 0 Å². The molecule has 2 nitrogen and oxygen atoms in total. The van der Waals surface area contributed by atoms with Crippen LogP contribution in [0.5, 0.6) is 0 Å². The monoisotopic (exact) mass is 99.1 g/mol. The Balaban J connectivity index is 2.83. The van der Waals surface area contributed by atoms with Gasteiger partial charge in [0.15, 0.2) is 0 Å². The highest BCUT2D eigenvalue weighted by Gasteiger charge is 1.74. The van der Waals surface area contributed by atoms with Crippen molar-refractivity contribution in [3.8, 4) is 0 Å². The third-order valence-corrected chi connectivity index (χ3v) is 0.636. The van der Waals surface area contributed by atoms with Crippen LogP contribution < -0.4 is 5.73 Å². The molecule has 0 saturated heterocycles. The molecule has 0 spiro atoms. The molecule has 0 aromatic heterocycles. The molecule has 0 unspecified atom stereocenters. The van der Waals surface area contributed by atoms with Gasteiger partial charge in [-0.25, -0.2) is 4.79 Å². The highest BCUT2D eigenvalue weighted by Crippen LogP contribution is 1.81. The number of unbranched alkanes of at least 4 members (excludes halogenated alkanes) is 1. The Morgan fingerprint density at radius 3 is 2.86 bits per heavy atom. The van der Waals surface area contributed by atoms with Crippen LogP contribution in [0.1, 0.15) is 12.8 Å². The predicted octanol–water partition coefficient (Wildman–Crippen LogP) is 0.113. The lowest BCUT2D eigenvalue weighted by molar-refractivity contribution is 0.568. The smallest absolute Gasteiger partial charge is 0.120 e. The number of hydrogen-bond acceptors (Lipinski definition) is 2. The molecule has 0 amide bonds. The van der Waals surface area contributed by atoms with Gasteiger partial charge in [0.25, 0.3) is 0 Å². The molecule has 0 aliphatic heterocycles. The second kappa shape index (κ2) is 5.41. The van der Waals surface area contributed by atoms with E-state index in [1.165, 1.54) is 6.08 Å². The van der Waals surface area contributed by atoms with Gasteiger partial charge in [-0.05, 0) is 25.5 Å². The summed E-state index contributed by atoms with van der Waals surface area (Å²) in [4.78, 5) is 9.46. The SMILES string of the molecule is NCCCC=C=O. The summed E-state index contributed by atoms with van der Waals surface area (Å²) in [5.41, 5.74) is 5.12. The van der Waals surface area contributed by atoms with Crippen molar-refractivity contribution in [2.24, 2.45) is 5.73 Å². The van der Waals surface area contributed by atoms with E-state index in [1.807, 2.05) is 0 Å². The average molecular weight is 99.1 g/mol. The van der Waals surface area contributed by atoms with Gasteiger partial charge in [0.1, 0.15) is 5.94 Å². The van der Waals surface area contributed by atoms with Crippen molar-refractivity contribution in [1.82, 2.24) is 0 Å². The number of nitrogens with two attached hydrogens (primary N) is 1. The van der Waals surface area contributed by atoms with Gasteiger partial charge < -0.3 is 5.73 Å². The lowest BCUT2D eigenvalue weighted by Crippen LogP contribution is -1.96. The highest BCUT2D eigenvalue weighted by atomic mass is 16.1. The average Bonchev–Trinajstić information content (AvgIpc) is 1.69. The zero-order chi connectivity index (χ0) is 5.54. The first-order valence-corrected chi connectivity index (χ1v) is 2.31. The summed E-state index contributed by atoms with van der Waals surface area (Å²) in [5.74, 6) is 1.67. The van der Waals surface area contributed by atoms with Crippen LogP contribution in [0.25, 0.3) is 0 Å². The van der Waals surface area contributed by atoms with Gasteiger partial charge in [0, 0.05) is 0 Å². The van der Waals surface area contributed by atoms with E-state index < -0.39 is 0 Å². The maximum Gasteiger partial charge on any atom is 0.120 e. The van der Waals surface area contributed by atoms with Crippen LogP contribution >= 0.6 is 0 Å². The first-order chi connectivity index (χ1) is 3.41. The van der Waals surface area contributed by atoms with Crippen molar-refractivity contribution in [1.29, 1.82) is 0 Å². The summed E-state index contributed by atoms with van der Waals surface area (Å²) in [5, 5.41) is 0. The minimum absolute atomic E-state index is 0.651. The lowest BCUT2D eigenvalue weighted by atomic mass is 10.3. The van der Waals surface area contributed by atoms with Gasteiger partial charge in [0.05, 0.1) is 0 Å². The van der Waals surface area contributed by atoms with Crippen LogP contribution in [-0.2, 0) is 4.79 Å². The van der Waals surface area contributed by atoms with Gasteiger partial charge in [-0.15, -0.1) is 0 Å². The quantitative estimate of drug-likeness (QED) is 0.403. The summed E-state index contributed by atoms with van der Waals surface area (Å²) in [6.45, 7) is 0.651. The van der Waals surface area contributed by atoms with Crippen LogP contribution in [0.3, 0.4) is 0 Å². The van der Waals surface area contributed by atoms with Crippen molar-refractivity contribution < 1.29 is 4.79 Å². The first kappa shape index (κ1) is 6.41. The van der Waals surface area contributed by atoms with Gasteiger partial charge in [-0.1, -0.05) is 0 Å². The van der Waals surface area contributed by atoms with Crippen molar-refractivity contribution in [3.63, 3.8) is 0 Å². The molecule has 0 heterocycles. The molecule has 0 bridgehead atoms. The summed E-state index contributed by atoms with van der Waals surface area (Å²) in [6, 6.07) is 0. The van der Waals surface area contributed by atoms with Crippen LogP contribution in [0.15, 0.2) is 6.08 Å². The van der Waals surface area contributed by atoms with Gasteiger partial charge in [-0.3, -0.25) is 0 Å². The number of rotatable bonds is 3. The fourth-order valence-corrected chi connectivity index (χ4v) is 0.279. The third-order valence-electron chi connectivity index (χ3n) is 0.636. The van der Waals surface area contributed by atoms with E-state index in [9.17, 15) is 4.79 Å². The molecule has 0 fully saturated rings. The van der Waals surface area contributed by atoms with Gasteiger partial charge in [0.2, 0.25) is 0 Å². The number of carbonyl (C=O) groups excluding carboxylic acids is 1. The topological polar surface area (TPSA) is 43.1 Å². The molecule has 0 atom stereocenters. The second-order valence-electron chi connectivity index (χ2n) is 1.25. The zero-order valence-electron chi connectivity index (χ0n) is 4.18. The molecule has 0 rings (SSSR count). The molecular weight excluding hydrogens is 90.1 g/mol. The highest BCUT2D eigenvalue weighted by molar-refractivity contribution is 5.44. The van der Waals surface area contributed by atoms with Crippen molar-refractivity contribution >= 4 is 5.94 Å². The van der Waals surface area contributed by atoms with Gasteiger partial charge >= 0.3 is 0 Å². The molecule has 0 aliphatic carbocycles. The number of allylic oxidation sites excluding steroid dienone is 1. The lowest BCUT2D eigenvalue weighted by Gasteiger charge is -1.81. The van der Waals surface area contributed by atoms with Crippen LogP contribution in [0.4, 0.5) is 0 Å². The Bertz CT molecular complexity index is 74.1. The molecule has 0 radical (unpaired) electrons. The number of hydrogen-bond donors (Lipinski definition) is 1. The maximum absolute atomic E-state index is 9.46. The van der Waals surface area contributed by atoms with Gasteiger partial charge in [-0.2, -0.15) is 0 Å². The van der Waals surface area contributed by atoms with Crippen LogP contribution in [0, 0.1) is 0 Å². The van der Waals surface area contributed by atoms with E-state index in [0.717, 1.165) is 12.8 Å². The fourth-order valence-electron chi connectivity index (χ4n) is 0.279. The Kier molecular flexibility index (Phi) is 4.95. The molecule has 2 N–H and O–H groups in total. The van der Waals surface area contributed by atoms with Crippen molar-refractivity contribution in [2.75, 3.05) is 6.54 Å². The minimum Gasteiger partial charge on any atom is -0.330 e. The third kappa shape index (κ3) is 5.41. The van der Waals surface area contributed by atoms with E-state index in [0.29, 0.717) is 6.54 Å². The summed E-state index contributed by atoms with van der Waals surface area (Å²) >= 11 is 0. The van der Waals surface area contributed by atoms with Crippen LogP contribution in [-0.4, -0.2) is 12.5 Å². The summed E-state index contributed by atoms with van der Waals surface area (Å²) < 4.78 is 0. The molecule has 0 aromatic carbocycles. The van der Waals surface area contributed by atoms with Crippen molar-refractivity contribution in [2.45, 2.75) is 12.8 Å². The summed E-state index contributed by atoms with van der Waals surface area (Å²) in [6.07, 6.45) is 3.10. The Hall–Kier alpha value is -0.590. The Morgan fingerprint density at radius 1 is 1.71 bits per heavy atom. The Labute approximate surface area is 43.0 Å². The van der Waals surface area contributed by atoms with Crippen LogP contribution in [0.2, 0.25) is 0 Å². The first-order valence-electron chi connectivity index (χ1n) is 2.31. The molecule has 0 saturated carbocycles. The van der Waals surface area contributed by atoms with E-state index >= 15 is 0 Å². The second-order valence-corrected chi connectivity index (χ2v) is 1.25. The van der Waals surface area contributed by atoms with E-state index in [2.05, 4.69) is 0 Å². The minimum atomic E-state index is 0.651. The molecule has 0 aromatic rings. The molecule has 0 aliphatic rings. The fraction of sp³-hybridized carbons (Fsp3) is 0.600. The molecule has 40 valence electrons. The van der Waals surface area contributed by atoms with E-state index in [1.54, 1.807) is 5.94 Å². The Morgan fingerprint density at radius 2 is 2.43 bits per heavy atom. The largest absolute Gasteiger partial charge is 0.330 e. The molecular formula is C5H9NO. The molecule has 2 heteroatoms. The maximum atomic E-state index is 9.46. The molecule has 7 heavy (non-hydrogen) atoms.